The van der Waals surface area contributed by atoms with Crippen LogP contribution >= 0.6 is 22.8 Å². The van der Waals surface area contributed by atoms with E-state index in [4.69, 9.17) is 40.9 Å². The molecule has 1 aliphatic rings. The van der Waals surface area contributed by atoms with Crippen molar-refractivity contribution in [2.24, 2.45) is 13.8 Å². The van der Waals surface area contributed by atoms with Crippen LogP contribution < -0.4 is 27.1 Å². The summed E-state index contributed by atoms with van der Waals surface area (Å²) in [6.45, 7) is 1.66. The third kappa shape index (κ3) is 9.10. The quantitative estimate of drug-likeness (QED) is 0.0636. The van der Waals surface area contributed by atoms with Crippen molar-refractivity contribution in [3.63, 3.8) is 0 Å². The lowest BCUT2D eigenvalue weighted by Gasteiger charge is -2.29. The van der Waals surface area contributed by atoms with Crippen LogP contribution in [0.2, 0.25) is 0 Å². The van der Waals surface area contributed by atoms with Gasteiger partial charge in [-0.25, -0.2) is 0 Å². The maximum absolute atomic E-state index is 10.2. The van der Waals surface area contributed by atoms with Crippen LogP contribution in [0.3, 0.4) is 0 Å². The van der Waals surface area contributed by atoms with Crippen molar-refractivity contribution in [3.05, 3.63) is 146 Å². The average Bonchev–Trinajstić information content (AvgIpc) is 3.25. The highest BCUT2D eigenvalue weighted by atomic mass is 31.3. The van der Waals surface area contributed by atoms with E-state index >= 15 is 0 Å². The molecule has 0 spiro atoms. The van der Waals surface area contributed by atoms with Crippen LogP contribution in [0.1, 0.15) is 6.92 Å². The summed E-state index contributed by atoms with van der Waals surface area (Å²) in [5, 5.41) is 60.8. The molecule has 0 saturated carbocycles. The van der Waals surface area contributed by atoms with E-state index in [1.54, 1.807) is 6.92 Å². The van der Waals surface area contributed by atoms with E-state index < -0.39 is 28.6 Å². The normalized spacial score (nSPS) is 16.3. The average molecular weight is 818 g/mol. The highest BCUT2D eigenvalue weighted by Crippen LogP contribution is 2.75. The first-order chi connectivity index (χ1) is 26.9. The topological polar surface area (TPSA) is 214 Å². The number of hydrogen-bond donors (Lipinski definition) is 6. The van der Waals surface area contributed by atoms with Gasteiger partial charge >= 0.3 is 22.8 Å². The fourth-order valence-electron chi connectivity index (χ4n) is 4.99. The Bertz CT molecular complexity index is 2310. The van der Waals surface area contributed by atoms with E-state index in [0.717, 1.165) is 0 Å². The Hall–Kier alpha value is -6.39. The van der Waals surface area contributed by atoms with E-state index in [0.29, 0.717) is 0 Å². The molecule has 7 rings (SSSR count). The zero-order chi connectivity index (χ0) is 39.3. The van der Waals surface area contributed by atoms with Crippen LogP contribution in [0.5, 0.6) is 69.0 Å². The number of phenolic OH excluding ortho intramolecular Hbond substituents is 6. The molecule has 0 amide bonds. The lowest BCUT2D eigenvalue weighted by Crippen LogP contribution is -2.13. The van der Waals surface area contributed by atoms with Gasteiger partial charge in [-0.15, -0.1) is 4.52 Å². The molecule has 6 aromatic rings. The first-order valence-corrected chi connectivity index (χ1v) is 21.4. The third-order valence-corrected chi connectivity index (χ3v) is 16.0. The van der Waals surface area contributed by atoms with Crippen molar-refractivity contribution in [2.45, 2.75) is 12.7 Å². The second-order valence-corrected chi connectivity index (χ2v) is 18.6. The number of hydrogen-bond acceptors (Lipinski definition) is 15. The summed E-state index contributed by atoms with van der Waals surface area (Å²) >= 11 is 0. The minimum Gasteiger partial charge on any atom is -0.508 e. The first-order valence-electron chi connectivity index (χ1n) is 16.7. The summed E-state index contributed by atoms with van der Waals surface area (Å²) in [4.78, 5) is 0. The zero-order valence-corrected chi connectivity index (χ0v) is 31.9. The SMILES string of the molecule is CC1N=P(Oc2ccc(O)cc2)(Oc2ccc(O)cc2)N=P(Oc2ccc(O)cc2)(Oc2ccc(O)cc2)N=P1(Oc1ccc(O)cc1)Oc1ccc(O)cc1. The smallest absolute Gasteiger partial charge is 0.459 e. The molecule has 1 aliphatic heterocycles. The fourth-order valence-corrected chi connectivity index (χ4v) is 14.1. The largest absolute Gasteiger partial charge is 0.508 e. The summed E-state index contributed by atoms with van der Waals surface area (Å²) in [6, 6.07) is 34.7. The fraction of sp³-hybridized carbons (Fsp3) is 0.0526. The molecule has 15 nitrogen and oxygen atoms in total. The lowest BCUT2D eigenvalue weighted by atomic mass is 10.3. The Morgan fingerprint density at radius 1 is 0.339 bits per heavy atom. The molecule has 0 saturated heterocycles. The predicted molar refractivity (Wildman–Crippen MR) is 210 cm³/mol. The molecule has 0 bridgehead atoms. The summed E-state index contributed by atoms with van der Waals surface area (Å²) in [6.07, 6.45) is 0. The highest BCUT2D eigenvalue weighted by molar-refractivity contribution is 7.74. The van der Waals surface area contributed by atoms with E-state index in [-0.39, 0.29) is 69.0 Å². The maximum atomic E-state index is 10.2. The van der Waals surface area contributed by atoms with Gasteiger partial charge in [0, 0.05) is 0 Å². The molecule has 6 aromatic carbocycles. The van der Waals surface area contributed by atoms with Crippen molar-refractivity contribution >= 4 is 22.8 Å². The van der Waals surface area contributed by atoms with Gasteiger partial charge in [-0.3, -0.25) is 0 Å². The van der Waals surface area contributed by atoms with Crippen molar-refractivity contribution < 1.29 is 57.8 Å². The molecule has 0 aliphatic carbocycles. The van der Waals surface area contributed by atoms with Crippen molar-refractivity contribution in [2.75, 3.05) is 0 Å². The molecule has 1 atom stereocenters. The van der Waals surface area contributed by atoms with Crippen molar-refractivity contribution in [1.29, 1.82) is 0 Å². The number of benzene rings is 6. The molecule has 18 heteroatoms. The van der Waals surface area contributed by atoms with Crippen molar-refractivity contribution in [1.82, 2.24) is 0 Å². The van der Waals surface area contributed by atoms with Gasteiger partial charge in [0.1, 0.15) is 69.0 Å². The standard InChI is InChI=1S/C38H34N3O12P3/c1-26-39-55(50-35-18-6-29(44)7-19-35,51-36-20-8-30(45)9-21-36)41-56(52-37-22-10-31(46)11-23-37,53-38-24-12-32(47)13-25-38)40-54(26,48-33-14-2-27(42)3-15-33)49-34-16-4-28(43)5-17-34/h2-26,42-47H,1H3. The minimum absolute atomic E-state index is 0.0301. The first kappa shape index (κ1) is 37.9. The van der Waals surface area contributed by atoms with Gasteiger partial charge in [-0.05, 0) is 153 Å². The molecule has 0 aromatic heterocycles. The summed E-state index contributed by atoms with van der Waals surface area (Å²) in [5.41, 5.74) is 0. The van der Waals surface area contributed by atoms with Gasteiger partial charge in [0.05, 0.1) is 0 Å². The Morgan fingerprint density at radius 3 is 0.839 bits per heavy atom. The molecule has 0 radical (unpaired) electrons. The molecule has 288 valence electrons. The number of nitrogens with zero attached hydrogens (tertiary/aromatic N) is 3. The molecular formula is C38H34N3O12P3. The maximum Gasteiger partial charge on any atom is 0.459 e. The van der Waals surface area contributed by atoms with Gasteiger partial charge in [-0.1, -0.05) is 4.52 Å². The monoisotopic (exact) mass is 817 g/mol. The summed E-state index contributed by atoms with van der Waals surface area (Å²) < 4.78 is 55.5. The Kier molecular flexibility index (Phi) is 10.7. The molecule has 6 N–H and O–H groups in total. The van der Waals surface area contributed by atoms with E-state index in [2.05, 4.69) is 0 Å². The van der Waals surface area contributed by atoms with Crippen LogP contribution in [0.25, 0.3) is 0 Å². The third-order valence-electron chi connectivity index (χ3n) is 7.64. The van der Waals surface area contributed by atoms with Gasteiger partial charge in [0.2, 0.25) is 0 Å². The molecule has 56 heavy (non-hydrogen) atoms. The minimum atomic E-state index is -4.38. The summed E-state index contributed by atoms with van der Waals surface area (Å²) in [7, 11) is -12.6. The number of aromatic hydroxyl groups is 6. The Morgan fingerprint density at radius 2 is 0.571 bits per heavy atom. The van der Waals surface area contributed by atoms with Gasteiger partial charge in [0.15, 0.2) is 5.78 Å². The lowest BCUT2D eigenvalue weighted by molar-refractivity contribution is 0.446. The zero-order valence-electron chi connectivity index (χ0n) is 29.2. The van der Waals surface area contributed by atoms with Crippen LogP contribution in [0.4, 0.5) is 0 Å². The van der Waals surface area contributed by atoms with Crippen LogP contribution in [0, 0.1) is 0 Å². The second kappa shape index (κ2) is 15.8. The molecular weight excluding hydrogens is 783 g/mol. The molecule has 1 heterocycles. The summed E-state index contributed by atoms with van der Waals surface area (Å²) in [5.74, 6) is -0.328. The van der Waals surface area contributed by atoms with Crippen LogP contribution in [-0.2, 0) is 0 Å². The van der Waals surface area contributed by atoms with Gasteiger partial charge in [0.25, 0.3) is 0 Å². The van der Waals surface area contributed by atoms with Crippen LogP contribution in [0.15, 0.2) is 159 Å². The molecule has 1 unspecified atom stereocenters. The van der Waals surface area contributed by atoms with E-state index in [9.17, 15) is 30.6 Å². The second-order valence-electron chi connectivity index (χ2n) is 12.0. The number of rotatable bonds is 12. The van der Waals surface area contributed by atoms with Crippen LogP contribution in [-0.4, -0.2) is 36.4 Å². The Balaban J connectivity index is 1.57. The predicted octanol–water partition coefficient (Wildman–Crippen LogP) is 11.0. The number of phenols is 6. The highest BCUT2D eigenvalue weighted by Gasteiger charge is 2.48. The van der Waals surface area contributed by atoms with Crippen molar-refractivity contribution in [3.8, 4) is 69.0 Å². The van der Waals surface area contributed by atoms with Gasteiger partial charge in [-0.2, -0.15) is 4.74 Å². The van der Waals surface area contributed by atoms with Gasteiger partial charge < -0.3 is 57.8 Å². The Labute approximate surface area is 320 Å². The molecule has 0 fully saturated rings. The van der Waals surface area contributed by atoms with E-state index in [1.807, 2.05) is 0 Å². The van der Waals surface area contributed by atoms with E-state index in [1.165, 1.54) is 146 Å².